The van der Waals surface area contributed by atoms with E-state index in [0.29, 0.717) is 6.61 Å². The van der Waals surface area contributed by atoms with Crippen LogP contribution in [-0.2, 0) is 0 Å². The van der Waals surface area contributed by atoms with E-state index in [0.717, 1.165) is 6.42 Å². The first kappa shape index (κ1) is 30.7. The molecule has 1 nitrogen and oxygen atoms in total. The summed E-state index contributed by atoms with van der Waals surface area (Å²) in [6.07, 6.45) is 34.1. The predicted octanol–water partition coefficient (Wildman–Crippen LogP) is 8.98. The van der Waals surface area contributed by atoms with Crippen LogP contribution in [0.25, 0.3) is 0 Å². The van der Waals surface area contributed by atoms with Gasteiger partial charge in [-0.25, -0.2) is 0 Å². The van der Waals surface area contributed by atoms with E-state index < -0.39 is 0 Å². The van der Waals surface area contributed by atoms with E-state index in [1.165, 1.54) is 148 Å². The molecule has 0 bridgehead atoms. The van der Waals surface area contributed by atoms with Gasteiger partial charge in [-0.3, -0.25) is 0 Å². The molecule has 0 atom stereocenters. The van der Waals surface area contributed by atoms with Crippen molar-refractivity contribution in [3.05, 3.63) is 0 Å². The van der Waals surface area contributed by atoms with Crippen LogP contribution in [0.1, 0.15) is 161 Å². The molecule has 0 aromatic rings. The van der Waals surface area contributed by atoms with Crippen molar-refractivity contribution in [1.29, 1.82) is 0 Å². The minimum Gasteiger partial charge on any atom is -0.396 e. The van der Waals surface area contributed by atoms with Gasteiger partial charge < -0.3 is 5.11 Å². The van der Waals surface area contributed by atoms with Gasteiger partial charge in [0, 0.05) is 6.61 Å². The monoisotopic (exact) mass is 409 g/mol. The number of hydrogen-bond donors (Lipinski definition) is 1. The third-order valence-corrected chi connectivity index (χ3v) is 6.01. The van der Waals surface area contributed by atoms with Crippen LogP contribution in [0.5, 0.6) is 0 Å². The second kappa shape index (κ2) is 29.7. The second-order valence-electron chi connectivity index (χ2n) is 8.86. The van der Waals surface area contributed by atoms with Gasteiger partial charge in [0.2, 0.25) is 0 Å². The zero-order valence-electron chi connectivity index (χ0n) is 19.7. The van der Waals surface area contributed by atoms with Gasteiger partial charge in [0.15, 0.2) is 0 Å². The maximum Gasteiger partial charge on any atom is 3.00 e. The Morgan fingerprint density at radius 3 is 0.679 bits per heavy atom. The summed E-state index contributed by atoms with van der Waals surface area (Å²) < 4.78 is 0. The summed E-state index contributed by atoms with van der Waals surface area (Å²) in [7, 11) is 0. The molecule has 1 N–H and O–H groups in total. The molecule has 0 spiro atoms. The van der Waals surface area contributed by atoms with E-state index in [1.54, 1.807) is 0 Å². The molecule has 0 rings (SSSR count). The molecule has 28 heavy (non-hydrogen) atoms. The van der Waals surface area contributed by atoms with E-state index in [9.17, 15) is 0 Å². The smallest absolute Gasteiger partial charge is 0.396 e. The topological polar surface area (TPSA) is 20.2 Å². The third-order valence-electron chi connectivity index (χ3n) is 6.01. The van der Waals surface area contributed by atoms with Gasteiger partial charge in [-0.2, -0.15) is 0 Å². The van der Waals surface area contributed by atoms with E-state index in [-0.39, 0.29) is 17.4 Å². The van der Waals surface area contributed by atoms with E-state index >= 15 is 0 Å². The van der Waals surface area contributed by atoms with Crippen LogP contribution in [0.15, 0.2) is 0 Å². The van der Waals surface area contributed by atoms with Crippen molar-refractivity contribution in [2.75, 3.05) is 6.61 Å². The van der Waals surface area contributed by atoms with Crippen LogP contribution in [0.4, 0.5) is 0 Å². The fourth-order valence-corrected chi connectivity index (χ4v) is 4.07. The van der Waals surface area contributed by atoms with Crippen molar-refractivity contribution in [2.24, 2.45) is 0 Å². The Bertz CT molecular complexity index is 221. The molecule has 0 unspecified atom stereocenters. The van der Waals surface area contributed by atoms with Crippen molar-refractivity contribution in [3.8, 4) is 0 Å². The maximum absolute atomic E-state index is 8.74. The van der Waals surface area contributed by atoms with Gasteiger partial charge in [0.25, 0.3) is 0 Å². The predicted molar refractivity (Wildman–Crippen MR) is 129 cm³/mol. The van der Waals surface area contributed by atoms with E-state index in [2.05, 4.69) is 6.92 Å². The maximum atomic E-state index is 8.74. The number of aliphatic hydroxyl groups is 1. The van der Waals surface area contributed by atoms with Crippen molar-refractivity contribution in [1.82, 2.24) is 0 Å². The Labute approximate surface area is 190 Å². The number of hydrogen-bond acceptors (Lipinski definition) is 1. The molecule has 0 saturated heterocycles. The molecule has 0 amide bonds. The van der Waals surface area contributed by atoms with Gasteiger partial charge in [-0.1, -0.05) is 155 Å². The molecule has 164 valence electrons. The molecule has 0 aliphatic rings. The number of aliphatic hydroxyl groups excluding tert-OH is 1. The zero-order chi connectivity index (χ0) is 19.7. The molecule has 0 saturated carbocycles. The minimum absolute atomic E-state index is 0. The van der Waals surface area contributed by atoms with Gasteiger partial charge in [0.05, 0.1) is 0 Å². The first-order valence-corrected chi connectivity index (χ1v) is 13.0. The standard InChI is InChI=1S/C26H54O.Al/c1-2-3-4-5-6-7-8-9-10-11-12-13-14-15-16-17-18-19-20-21-22-23-24-25-26-27;/h27H,2-26H2,1H3;/q;+3. The molecular formula is C26H54AlO+3. The molecule has 0 aliphatic heterocycles. The van der Waals surface area contributed by atoms with E-state index in [1.807, 2.05) is 0 Å². The molecule has 2 heteroatoms. The summed E-state index contributed by atoms with van der Waals surface area (Å²) >= 11 is 0. The van der Waals surface area contributed by atoms with Gasteiger partial charge in [-0.05, 0) is 6.42 Å². The molecular weight excluding hydrogens is 355 g/mol. The Balaban J connectivity index is 0. The number of unbranched alkanes of at least 4 members (excludes halogenated alkanes) is 23. The molecule has 0 aliphatic carbocycles. The van der Waals surface area contributed by atoms with Crippen molar-refractivity contribution < 1.29 is 5.11 Å². The SMILES string of the molecule is CCCCCCCCCCCCCCCCCCCCCCCCCCO.[Al+3]. The van der Waals surface area contributed by atoms with Crippen LogP contribution in [0, 0.1) is 0 Å². The average Bonchev–Trinajstić information content (AvgIpc) is 2.68. The summed E-state index contributed by atoms with van der Waals surface area (Å²) in [6.45, 7) is 2.67. The fourth-order valence-electron chi connectivity index (χ4n) is 4.07. The van der Waals surface area contributed by atoms with Gasteiger partial charge >= 0.3 is 17.4 Å². The molecule has 0 aromatic carbocycles. The first-order chi connectivity index (χ1) is 13.4. The normalized spacial score (nSPS) is 10.9. The second-order valence-corrected chi connectivity index (χ2v) is 8.86. The average molecular weight is 410 g/mol. The van der Waals surface area contributed by atoms with Crippen LogP contribution >= 0.6 is 0 Å². The minimum atomic E-state index is 0. The van der Waals surface area contributed by atoms with Gasteiger partial charge in [-0.15, -0.1) is 0 Å². The number of rotatable bonds is 24. The summed E-state index contributed by atoms with van der Waals surface area (Å²) in [6, 6.07) is 0. The van der Waals surface area contributed by atoms with Crippen molar-refractivity contribution >= 4 is 17.4 Å². The van der Waals surface area contributed by atoms with Crippen LogP contribution in [0.2, 0.25) is 0 Å². The summed E-state index contributed by atoms with van der Waals surface area (Å²) in [5.41, 5.74) is 0. The van der Waals surface area contributed by atoms with Crippen LogP contribution in [-0.4, -0.2) is 29.1 Å². The Kier molecular flexibility index (Phi) is 32.5. The summed E-state index contributed by atoms with van der Waals surface area (Å²) in [4.78, 5) is 0. The Morgan fingerprint density at radius 1 is 0.321 bits per heavy atom. The first-order valence-electron chi connectivity index (χ1n) is 13.0. The Hall–Kier alpha value is 0.492. The van der Waals surface area contributed by atoms with Crippen LogP contribution in [0.3, 0.4) is 0 Å². The van der Waals surface area contributed by atoms with Crippen LogP contribution < -0.4 is 0 Å². The van der Waals surface area contributed by atoms with Crippen molar-refractivity contribution in [3.63, 3.8) is 0 Å². The zero-order valence-corrected chi connectivity index (χ0v) is 20.9. The summed E-state index contributed by atoms with van der Waals surface area (Å²) in [5, 5.41) is 8.74. The molecule has 0 fully saturated rings. The third kappa shape index (κ3) is 28.7. The largest absolute Gasteiger partial charge is 3.00 e. The Morgan fingerprint density at radius 2 is 0.500 bits per heavy atom. The molecule has 0 radical (unpaired) electrons. The summed E-state index contributed by atoms with van der Waals surface area (Å²) in [5.74, 6) is 0. The van der Waals surface area contributed by atoms with E-state index in [4.69, 9.17) is 5.11 Å². The van der Waals surface area contributed by atoms with Gasteiger partial charge in [0.1, 0.15) is 0 Å². The fraction of sp³-hybridized carbons (Fsp3) is 1.00. The quantitative estimate of drug-likeness (QED) is 0.124. The molecule has 0 aromatic heterocycles. The van der Waals surface area contributed by atoms with Crippen molar-refractivity contribution in [2.45, 2.75) is 161 Å². The molecule has 0 heterocycles.